The van der Waals surface area contributed by atoms with Crippen LogP contribution in [0, 0.1) is 0 Å². The van der Waals surface area contributed by atoms with Gasteiger partial charge in [0.15, 0.2) is 11.5 Å². The van der Waals surface area contributed by atoms with Gasteiger partial charge in [0.25, 0.3) is 0 Å². The number of rotatable bonds is 7. The smallest absolute Gasteiger partial charge is 0.229 e. The molecule has 2 aromatic rings. The molecule has 1 aromatic heterocycles. The first kappa shape index (κ1) is 15.6. The summed E-state index contributed by atoms with van der Waals surface area (Å²) >= 11 is 6.16. The molecular weight excluding hydrogens is 290 g/mol. The van der Waals surface area contributed by atoms with Crippen molar-refractivity contribution in [2.45, 2.75) is 33.6 Å². The normalized spacial score (nSPS) is 10.7. The molecule has 0 spiro atoms. The zero-order chi connectivity index (χ0) is 15.2. The summed E-state index contributed by atoms with van der Waals surface area (Å²) in [5, 5.41) is 8.43. The van der Waals surface area contributed by atoms with Gasteiger partial charge >= 0.3 is 0 Å². The Hall–Kier alpha value is -1.75. The lowest BCUT2D eigenvalue weighted by molar-refractivity contribution is 0.287. The topological polar surface area (TPSA) is 49.2 Å². The van der Waals surface area contributed by atoms with E-state index in [4.69, 9.17) is 21.1 Å². The van der Waals surface area contributed by atoms with Crippen molar-refractivity contribution < 1.29 is 9.47 Å². The van der Waals surface area contributed by atoms with Crippen molar-refractivity contribution in [1.82, 2.24) is 14.8 Å². The highest BCUT2D eigenvalue weighted by atomic mass is 35.5. The maximum atomic E-state index is 6.16. The SMILES string of the molecule is CCCc1nnc(Cl)n1-c1ccc(OCC)c(OCC)c1. The lowest BCUT2D eigenvalue weighted by atomic mass is 10.2. The van der Waals surface area contributed by atoms with Crippen molar-refractivity contribution in [3.63, 3.8) is 0 Å². The Labute approximate surface area is 129 Å². The Morgan fingerprint density at radius 1 is 1.05 bits per heavy atom. The van der Waals surface area contributed by atoms with Gasteiger partial charge in [0, 0.05) is 12.5 Å². The van der Waals surface area contributed by atoms with Crippen molar-refractivity contribution in [2.75, 3.05) is 13.2 Å². The van der Waals surface area contributed by atoms with E-state index in [2.05, 4.69) is 17.1 Å². The Morgan fingerprint density at radius 3 is 2.43 bits per heavy atom. The Balaban J connectivity index is 2.44. The van der Waals surface area contributed by atoms with E-state index >= 15 is 0 Å². The molecule has 0 saturated carbocycles. The maximum Gasteiger partial charge on any atom is 0.229 e. The van der Waals surface area contributed by atoms with E-state index in [-0.39, 0.29) is 0 Å². The molecular formula is C15H20ClN3O2. The highest BCUT2D eigenvalue weighted by molar-refractivity contribution is 6.28. The molecule has 21 heavy (non-hydrogen) atoms. The van der Waals surface area contributed by atoms with Crippen LogP contribution in [0.5, 0.6) is 11.5 Å². The Bertz CT molecular complexity index is 599. The fourth-order valence-electron chi connectivity index (χ4n) is 2.11. The summed E-state index contributed by atoms with van der Waals surface area (Å²) in [7, 11) is 0. The molecule has 0 bridgehead atoms. The van der Waals surface area contributed by atoms with Crippen LogP contribution >= 0.6 is 11.6 Å². The number of hydrogen-bond acceptors (Lipinski definition) is 4. The van der Waals surface area contributed by atoms with Gasteiger partial charge < -0.3 is 9.47 Å². The second-order valence-corrected chi connectivity index (χ2v) is 4.81. The maximum absolute atomic E-state index is 6.16. The number of aryl methyl sites for hydroxylation is 1. The highest BCUT2D eigenvalue weighted by Crippen LogP contribution is 2.31. The molecule has 114 valence electrons. The van der Waals surface area contributed by atoms with Crippen LogP contribution in [0.15, 0.2) is 18.2 Å². The number of halogens is 1. The molecule has 6 heteroatoms. The molecule has 2 rings (SSSR count). The fourth-order valence-corrected chi connectivity index (χ4v) is 2.35. The lowest BCUT2D eigenvalue weighted by Gasteiger charge is -2.14. The monoisotopic (exact) mass is 309 g/mol. The number of aromatic nitrogens is 3. The number of hydrogen-bond donors (Lipinski definition) is 0. The van der Waals surface area contributed by atoms with Crippen LogP contribution < -0.4 is 9.47 Å². The van der Waals surface area contributed by atoms with Crippen molar-refractivity contribution in [1.29, 1.82) is 0 Å². The van der Waals surface area contributed by atoms with Gasteiger partial charge in [-0.25, -0.2) is 0 Å². The molecule has 1 heterocycles. The molecule has 0 atom stereocenters. The van der Waals surface area contributed by atoms with Gasteiger partial charge in [0.1, 0.15) is 5.82 Å². The third kappa shape index (κ3) is 3.47. The average molecular weight is 310 g/mol. The lowest BCUT2D eigenvalue weighted by Crippen LogP contribution is -2.04. The van der Waals surface area contributed by atoms with Gasteiger partial charge in [-0.3, -0.25) is 4.57 Å². The standard InChI is InChI=1S/C15H20ClN3O2/c1-4-7-14-17-18-15(16)19(14)11-8-9-12(20-5-2)13(10-11)21-6-3/h8-10H,4-7H2,1-3H3. The second kappa shape index (κ2) is 7.31. The largest absolute Gasteiger partial charge is 0.490 e. The predicted molar refractivity (Wildman–Crippen MR) is 82.7 cm³/mol. The van der Waals surface area contributed by atoms with Crippen LogP contribution in [0.3, 0.4) is 0 Å². The van der Waals surface area contributed by atoms with E-state index in [0.29, 0.717) is 24.2 Å². The molecule has 0 aliphatic rings. The molecule has 0 N–H and O–H groups in total. The highest BCUT2D eigenvalue weighted by Gasteiger charge is 2.14. The first-order valence-corrected chi connectivity index (χ1v) is 7.58. The minimum absolute atomic E-state index is 0.352. The van der Waals surface area contributed by atoms with Gasteiger partial charge in [-0.1, -0.05) is 6.92 Å². The number of nitrogens with zero attached hydrogens (tertiary/aromatic N) is 3. The molecule has 0 fully saturated rings. The van der Waals surface area contributed by atoms with Crippen molar-refractivity contribution in [3.05, 3.63) is 29.3 Å². The summed E-state index contributed by atoms with van der Waals surface area (Å²) in [5.74, 6) is 2.27. The molecule has 0 saturated heterocycles. The summed E-state index contributed by atoms with van der Waals surface area (Å²) in [6, 6.07) is 5.72. The summed E-state index contributed by atoms with van der Waals surface area (Å²) < 4.78 is 13.1. The van der Waals surface area contributed by atoms with Crippen molar-refractivity contribution >= 4 is 11.6 Å². The molecule has 0 amide bonds. The van der Waals surface area contributed by atoms with E-state index in [1.807, 2.05) is 36.6 Å². The third-order valence-corrected chi connectivity index (χ3v) is 3.19. The zero-order valence-corrected chi connectivity index (χ0v) is 13.4. The average Bonchev–Trinajstić information content (AvgIpc) is 2.83. The third-order valence-electron chi connectivity index (χ3n) is 2.95. The van der Waals surface area contributed by atoms with Gasteiger partial charge in [0.2, 0.25) is 5.28 Å². The molecule has 1 aromatic carbocycles. The summed E-state index contributed by atoms with van der Waals surface area (Å²) in [6.45, 7) is 7.14. The van der Waals surface area contributed by atoms with E-state index in [1.54, 1.807) is 0 Å². The van der Waals surface area contributed by atoms with Crippen molar-refractivity contribution in [3.8, 4) is 17.2 Å². The van der Waals surface area contributed by atoms with Crippen LogP contribution in [-0.4, -0.2) is 28.0 Å². The molecule has 0 aliphatic heterocycles. The van der Waals surface area contributed by atoms with Crippen LogP contribution in [0.25, 0.3) is 5.69 Å². The Morgan fingerprint density at radius 2 is 1.76 bits per heavy atom. The minimum Gasteiger partial charge on any atom is -0.490 e. The zero-order valence-electron chi connectivity index (χ0n) is 12.6. The van der Waals surface area contributed by atoms with E-state index in [1.165, 1.54) is 0 Å². The Kier molecular flexibility index (Phi) is 5.44. The van der Waals surface area contributed by atoms with Gasteiger partial charge in [0.05, 0.1) is 18.9 Å². The first-order valence-electron chi connectivity index (χ1n) is 7.21. The van der Waals surface area contributed by atoms with E-state index in [9.17, 15) is 0 Å². The quantitative estimate of drug-likeness (QED) is 0.783. The van der Waals surface area contributed by atoms with Crippen LogP contribution in [0.4, 0.5) is 0 Å². The number of ether oxygens (including phenoxy) is 2. The van der Waals surface area contributed by atoms with Gasteiger partial charge in [-0.05, 0) is 44.0 Å². The molecule has 0 aliphatic carbocycles. The van der Waals surface area contributed by atoms with Crippen LogP contribution in [-0.2, 0) is 6.42 Å². The van der Waals surface area contributed by atoms with Gasteiger partial charge in [-0.15, -0.1) is 10.2 Å². The minimum atomic E-state index is 0.352. The number of benzene rings is 1. The van der Waals surface area contributed by atoms with E-state index < -0.39 is 0 Å². The summed E-state index contributed by atoms with van der Waals surface area (Å²) in [5.41, 5.74) is 0.875. The molecule has 5 nitrogen and oxygen atoms in total. The van der Waals surface area contributed by atoms with E-state index in [0.717, 1.165) is 30.1 Å². The summed E-state index contributed by atoms with van der Waals surface area (Å²) in [6.07, 6.45) is 1.79. The second-order valence-electron chi connectivity index (χ2n) is 4.47. The van der Waals surface area contributed by atoms with Crippen LogP contribution in [0.2, 0.25) is 5.28 Å². The first-order chi connectivity index (χ1) is 10.2. The van der Waals surface area contributed by atoms with Gasteiger partial charge in [-0.2, -0.15) is 0 Å². The van der Waals surface area contributed by atoms with Crippen molar-refractivity contribution in [2.24, 2.45) is 0 Å². The fraction of sp³-hybridized carbons (Fsp3) is 0.467. The summed E-state index contributed by atoms with van der Waals surface area (Å²) in [4.78, 5) is 0. The molecule has 0 radical (unpaired) electrons. The predicted octanol–water partition coefficient (Wildman–Crippen LogP) is 3.67. The molecule has 0 unspecified atom stereocenters. The van der Waals surface area contributed by atoms with Crippen LogP contribution in [0.1, 0.15) is 33.0 Å².